The highest BCUT2D eigenvalue weighted by Gasteiger charge is 2.23. The molecule has 0 radical (unpaired) electrons. The fourth-order valence-corrected chi connectivity index (χ4v) is 3.20. The van der Waals surface area contributed by atoms with Crippen LogP contribution in [0.2, 0.25) is 0 Å². The van der Waals surface area contributed by atoms with Crippen LogP contribution in [0.3, 0.4) is 0 Å². The van der Waals surface area contributed by atoms with E-state index < -0.39 is 0 Å². The second-order valence-electron chi connectivity index (χ2n) is 5.56. The molecule has 0 spiro atoms. The predicted octanol–water partition coefficient (Wildman–Crippen LogP) is 2.13. The van der Waals surface area contributed by atoms with Crippen molar-refractivity contribution in [1.82, 2.24) is 10.3 Å². The van der Waals surface area contributed by atoms with E-state index in [9.17, 15) is 9.90 Å². The number of aliphatic hydroxyl groups is 1. The quantitative estimate of drug-likeness (QED) is 0.844. The van der Waals surface area contributed by atoms with Gasteiger partial charge in [-0.25, -0.2) is 4.98 Å². The van der Waals surface area contributed by atoms with Crippen LogP contribution in [0.4, 0.5) is 0 Å². The Balaban J connectivity index is 1.94. The minimum absolute atomic E-state index is 0.0471. The summed E-state index contributed by atoms with van der Waals surface area (Å²) in [6, 6.07) is -0.213. The molecule has 1 aliphatic heterocycles. The number of carbonyl (C=O) groups excluding carboxylic acids is 1. The number of hydrogen-bond acceptors (Lipinski definition) is 5. The highest BCUT2D eigenvalue weighted by atomic mass is 32.1. The summed E-state index contributed by atoms with van der Waals surface area (Å²) in [5.41, 5.74) is 0.419. The van der Waals surface area contributed by atoms with Gasteiger partial charge < -0.3 is 15.2 Å². The number of hydrogen-bond donors (Lipinski definition) is 2. The first-order valence-corrected chi connectivity index (χ1v) is 7.97. The Morgan fingerprint density at radius 1 is 1.65 bits per heavy atom. The Kier molecular flexibility index (Phi) is 5.51. The molecule has 1 fully saturated rings. The van der Waals surface area contributed by atoms with Crippen molar-refractivity contribution < 1.29 is 14.6 Å². The molecular formula is C14H22N2O3S. The Labute approximate surface area is 123 Å². The number of aromatic nitrogens is 1. The molecule has 5 nitrogen and oxygen atoms in total. The summed E-state index contributed by atoms with van der Waals surface area (Å²) >= 11 is 1.46. The maximum atomic E-state index is 12.1. The maximum absolute atomic E-state index is 12.1. The number of nitrogens with one attached hydrogen (secondary N) is 1. The molecule has 0 bridgehead atoms. The molecule has 1 aromatic rings. The highest BCUT2D eigenvalue weighted by molar-refractivity contribution is 7.09. The second-order valence-corrected chi connectivity index (χ2v) is 6.44. The molecule has 2 N–H and O–H groups in total. The summed E-state index contributed by atoms with van der Waals surface area (Å²) in [6.07, 6.45) is 2.82. The lowest BCUT2D eigenvalue weighted by Crippen LogP contribution is -2.38. The molecule has 20 heavy (non-hydrogen) atoms. The van der Waals surface area contributed by atoms with Crippen molar-refractivity contribution in [3.63, 3.8) is 0 Å². The molecule has 6 heteroatoms. The lowest BCUT2D eigenvalue weighted by atomic mass is 10.0. The summed E-state index contributed by atoms with van der Waals surface area (Å²) in [6.45, 7) is 4.85. The fraction of sp³-hybridized carbons (Fsp3) is 0.714. The molecule has 1 saturated heterocycles. The summed E-state index contributed by atoms with van der Waals surface area (Å²) in [5, 5.41) is 14.8. The number of ether oxygens (including phenoxy) is 1. The van der Waals surface area contributed by atoms with Gasteiger partial charge in [0.1, 0.15) is 16.8 Å². The number of amides is 1. The monoisotopic (exact) mass is 298 g/mol. The van der Waals surface area contributed by atoms with E-state index >= 15 is 0 Å². The van der Waals surface area contributed by atoms with Crippen molar-refractivity contribution in [3.8, 4) is 0 Å². The van der Waals surface area contributed by atoms with Crippen LogP contribution in [0.15, 0.2) is 5.38 Å². The molecule has 0 saturated carbocycles. The minimum atomic E-state index is -0.217. The summed E-state index contributed by atoms with van der Waals surface area (Å²) in [5.74, 6) is 0.204. The van der Waals surface area contributed by atoms with E-state index in [1.807, 2.05) is 0 Å². The maximum Gasteiger partial charge on any atom is 0.271 e. The lowest BCUT2D eigenvalue weighted by molar-refractivity contribution is 0.0901. The molecule has 1 aliphatic rings. The third kappa shape index (κ3) is 4.01. The van der Waals surface area contributed by atoms with E-state index in [0.29, 0.717) is 11.6 Å². The normalized spacial score (nSPS) is 20.3. The van der Waals surface area contributed by atoms with Crippen LogP contribution in [-0.2, 0) is 4.74 Å². The summed E-state index contributed by atoms with van der Waals surface area (Å²) in [4.78, 5) is 16.5. The van der Waals surface area contributed by atoms with Crippen LogP contribution in [-0.4, -0.2) is 35.3 Å². The van der Waals surface area contributed by atoms with E-state index in [0.717, 1.165) is 30.9 Å². The molecule has 0 aromatic carbocycles. The molecule has 1 amide bonds. The van der Waals surface area contributed by atoms with E-state index in [2.05, 4.69) is 24.1 Å². The average molecular weight is 298 g/mol. The first-order valence-electron chi connectivity index (χ1n) is 7.09. The lowest BCUT2D eigenvalue weighted by Gasteiger charge is -2.17. The van der Waals surface area contributed by atoms with Gasteiger partial charge >= 0.3 is 0 Å². The molecule has 0 aliphatic carbocycles. The van der Waals surface area contributed by atoms with Crippen molar-refractivity contribution in [1.29, 1.82) is 0 Å². The van der Waals surface area contributed by atoms with Crippen LogP contribution in [0.5, 0.6) is 0 Å². The molecule has 2 atom stereocenters. The highest BCUT2D eigenvalue weighted by Crippen LogP contribution is 2.30. The zero-order valence-electron chi connectivity index (χ0n) is 12.0. The molecule has 0 unspecified atom stereocenters. The fourth-order valence-electron chi connectivity index (χ4n) is 2.32. The van der Waals surface area contributed by atoms with Crippen molar-refractivity contribution in [2.75, 3.05) is 13.2 Å². The third-order valence-electron chi connectivity index (χ3n) is 3.27. The van der Waals surface area contributed by atoms with E-state index in [-0.39, 0.29) is 24.7 Å². The van der Waals surface area contributed by atoms with Gasteiger partial charge in [-0.2, -0.15) is 0 Å². The zero-order valence-corrected chi connectivity index (χ0v) is 12.8. The first-order chi connectivity index (χ1) is 9.60. The number of carbonyl (C=O) groups is 1. The Hall–Kier alpha value is -0.980. The van der Waals surface area contributed by atoms with Crippen LogP contribution < -0.4 is 5.32 Å². The smallest absolute Gasteiger partial charge is 0.271 e. The number of rotatable bonds is 6. The predicted molar refractivity (Wildman–Crippen MR) is 77.8 cm³/mol. The molecule has 2 heterocycles. The van der Waals surface area contributed by atoms with Crippen molar-refractivity contribution in [2.45, 2.75) is 45.3 Å². The van der Waals surface area contributed by atoms with Gasteiger partial charge in [0.25, 0.3) is 5.91 Å². The van der Waals surface area contributed by atoms with E-state index in [4.69, 9.17) is 4.74 Å². The standard InChI is InChI=1S/C14H22N2O3S/c1-9(2)6-10(7-17)15-13(18)11-8-20-14(16-11)12-4-3-5-19-12/h8-10,12,17H,3-7H2,1-2H3,(H,15,18)/t10-,12+/m1/s1. The Morgan fingerprint density at radius 2 is 2.45 bits per heavy atom. The Bertz CT molecular complexity index is 441. The van der Waals surface area contributed by atoms with Gasteiger partial charge in [-0.05, 0) is 25.2 Å². The zero-order chi connectivity index (χ0) is 14.5. The number of thiazole rings is 1. The van der Waals surface area contributed by atoms with Gasteiger partial charge in [-0.1, -0.05) is 13.8 Å². The summed E-state index contributed by atoms with van der Waals surface area (Å²) in [7, 11) is 0. The van der Waals surface area contributed by atoms with Crippen LogP contribution >= 0.6 is 11.3 Å². The Morgan fingerprint density at radius 3 is 3.05 bits per heavy atom. The van der Waals surface area contributed by atoms with E-state index in [1.165, 1.54) is 11.3 Å². The topological polar surface area (TPSA) is 71.5 Å². The second kappa shape index (κ2) is 7.15. The minimum Gasteiger partial charge on any atom is -0.394 e. The number of nitrogens with zero attached hydrogens (tertiary/aromatic N) is 1. The molecular weight excluding hydrogens is 276 g/mol. The molecule has 112 valence electrons. The van der Waals surface area contributed by atoms with Crippen molar-refractivity contribution >= 4 is 17.2 Å². The largest absolute Gasteiger partial charge is 0.394 e. The van der Waals surface area contributed by atoms with Gasteiger partial charge in [0.2, 0.25) is 0 Å². The first kappa shape index (κ1) is 15.4. The van der Waals surface area contributed by atoms with E-state index in [1.54, 1.807) is 5.38 Å². The summed E-state index contributed by atoms with van der Waals surface area (Å²) < 4.78 is 5.56. The van der Waals surface area contributed by atoms with Gasteiger partial charge in [0.15, 0.2) is 0 Å². The van der Waals surface area contributed by atoms with Crippen LogP contribution in [0.25, 0.3) is 0 Å². The third-order valence-corrected chi connectivity index (χ3v) is 4.21. The number of aliphatic hydroxyl groups excluding tert-OH is 1. The van der Waals surface area contributed by atoms with Gasteiger partial charge in [-0.15, -0.1) is 11.3 Å². The van der Waals surface area contributed by atoms with Gasteiger partial charge in [0, 0.05) is 12.0 Å². The molecule has 2 rings (SSSR count). The van der Waals surface area contributed by atoms with Crippen molar-refractivity contribution in [3.05, 3.63) is 16.1 Å². The average Bonchev–Trinajstić information content (AvgIpc) is 3.07. The van der Waals surface area contributed by atoms with Crippen molar-refractivity contribution in [2.24, 2.45) is 5.92 Å². The van der Waals surface area contributed by atoms with Gasteiger partial charge in [-0.3, -0.25) is 4.79 Å². The molecule has 1 aromatic heterocycles. The SMILES string of the molecule is CC(C)C[C@H](CO)NC(=O)c1csc([C@@H]2CCCO2)n1. The van der Waals surface area contributed by atoms with Gasteiger partial charge in [0.05, 0.1) is 12.6 Å². The van der Waals surface area contributed by atoms with Crippen LogP contribution in [0.1, 0.15) is 54.7 Å². The van der Waals surface area contributed by atoms with Crippen LogP contribution in [0, 0.1) is 5.92 Å².